The molecule has 1 aromatic carbocycles. The van der Waals surface area contributed by atoms with Crippen LogP contribution in [0.1, 0.15) is 22.8 Å². The summed E-state index contributed by atoms with van der Waals surface area (Å²) in [6, 6.07) is 7.36. The summed E-state index contributed by atoms with van der Waals surface area (Å²) >= 11 is 0. The van der Waals surface area contributed by atoms with Crippen LogP contribution in [0.15, 0.2) is 35.3 Å². The molecule has 0 amide bonds. The fourth-order valence-electron chi connectivity index (χ4n) is 2.17. The summed E-state index contributed by atoms with van der Waals surface area (Å²) in [4.78, 5) is 26.0. The van der Waals surface area contributed by atoms with Crippen LogP contribution >= 0.6 is 0 Å². The van der Waals surface area contributed by atoms with Crippen molar-refractivity contribution >= 4 is 11.5 Å². The molecule has 0 bridgehead atoms. The van der Waals surface area contributed by atoms with Gasteiger partial charge in [0.25, 0.3) is 5.56 Å². The van der Waals surface area contributed by atoms with E-state index in [2.05, 4.69) is 5.10 Å². The van der Waals surface area contributed by atoms with E-state index in [1.54, 1.807) is 32.3 Å². The SMILES string of the molecule is COc1ccc(Cn2ncc(N(C)C)c(C(C)=O)c2=O)cc1. The van der Waals surface area contributed by atoms with Gasteiger partial charge in [0.15, 0.2) is 5.78 Å². The number of rotatable bonds is 5. The third kappa shape index (κ3) is 3.16. The number of methoxy groups -OCH3 is 1. The second-order valence-electron chi connectivity index (χ2n) is 5.17. The number of ether oxygens (including phenoxy) is 1. The Morgan fingerprint density at radius 2 is 1.91 bits per heavy atom. The van der Waals surface area contributed by atoms with Crippen molar-refractivity contribution in [1.82, 2.24) is 9.78 Å². The Labute approximate surface area is 128 Å². The Morgan fingerprint density at radius 1 is 1.27 bits per heavy atom. The topological polar surface area (TPSA) is 64.4 Å². The van der Waals surface area contributed by atoms with E-state index in [9.17, 15) is 9.59 Å². The van der Waals surface area contributed by atoms with E-state index in [1.165, 1.54) is 11.6 Å². The molecule has 2 aromatic rings. The Morgan fingerprint density at radius 3 is 2.41 bits per heavy atom. The van der Waals surface area contributed by atoms with Gasteiger partial charge < -0.3 is 9.64 Å². The van der Waals surface area contributed by atoms with Gasteiger partial charge in [0.1, 0.15) is 11.3 Å². The van der Waals surface area contributed by atoms with Crippen LogP contribution in [0.3, 0.4) is 0 Å². The molecular weight excluding hydrogens is 282 g/mol. The van der Waals surface area contributed by atoms with Gasteiger partial charge in [-0.1, -0.05) is 12.1 Å². The quantitative estimate of drug-likeness (QED) is 0.784. The zero-order valence-corrected chi connectivity index (χ0v) is 13.2. The standard InChI is InChI=1S/C16H19N3O3/c1-11(20)15-14(18(2)3)9-17-19(16(15)21)10-12-5-7-13(22-4)8-6-12/h5-9H,10H2,1-4H3. The predicted molar refractivity (Wildman–Crippen MR) is 84.9 cm³/mol. The molecule has 1 heterocycles. The molecular formula is C16H19N3O3. The summed E-state index contributed by atoms with van der Waals surface area (Å²) < 4.78 is 6.40. The number of nitrogens with zero attached hydrogens (tertiary/aromatic N) is 3. The maximum Gasteiger partial charge on any atom is 0.280 e. The van der Waals surface area contributed by atoms with Gasteiger partial charge in [-0.3, -0.25) is 9.59 Å². The molecule has 0 N–H and O–H groups in total. The summed E-state index contributed by atoms with van der Waals surface area (Å²) in [5, 5.41) is 4.16. The zero-order valence-electron chi connectivity index (χ0n) is 13.2. The molecule has 1 aromatic heterocycles. The molecule has 0 spiro atoms. The molecule has 0 radical (unpaired) electrons. The highest BCUT2D eigenvalue weighted by atomic mass is 16.5. The molecule has 0 atom stereocenters. The van der Waals surface area contributed by atoms with Crippen molar-refractivity contribution < 1.29 is 9.53 Å². The van der Waals surface area contributed by atoms with Gasteiger partial charge in [0.05, 0.1) is 25.5 Å². The Balaban J connectivity index is 2.41. The average Bonchev–Trinajstić information content (AvgIpc) is 2.49. The van der Waals surface area contributed by atoms with Crippen LogP contribution in [0.2, 0.25) is 0 Å². The summed E-state index contributed by atoms with van der Waals surface area (Å²) in [5.74, 6) is 0.482. The molecule has 2 rings (SSSR count). The molecule has 0 saturated carbocycles. The van der Waals surface area contributed by atoms with Gasteiger partial charge in [-0.2, -0.15) is 5.10 Å². The van der Waals surface area contributed by atoms with Gasteiger partial charge >= 0.3 is 0 Å². The molecule has 0 unspecified atom stereocenters. The minimum atomic E-state index is -0.380. The molecule has 6 nitrogen and oxygen atoms in total. The van der Waals surface area contributed by atoms with Gasteiger partial charge in [-0.05, 0) is 24.6 Å². The lowest BCUT2D eigenvalue weighted by molar-refractivity contribution is 0.101. The normalized spacial score (nSPS) is 10.4. The number of hydrogen-bond acceptors (Lipinski definition) is 5. The molecule has 0 aliphatic heterocycles. The Kier molecular flexibility index (Phi) is 4.60. The number of anilines is 1. The summed E-state index contributed by atoms with van der Waals surface area (Å²) in [6.07, 6.45) is 1.54. The number of hydrogen-bond donors (Lipinski definition) is 0. The largest absolute Gasteiger partial charge is 0.497 e. The van der Waals surface area contributed by atoms with E-state index in [-0.39, 0.29) is 16.9 Å². The van der Waals surface area contributed by atoms with Gasteiger partial charge in [-0.15, -0.1) is 0 Å². The van der Waals surface area contributed by atoms with Crippen molar-refractivity contribution in [3.8, 4) is 5.75 Å². The summed E-state index contributed by atoms with van der Waals surface area (Å²) in [5.41, 5.74) is 1.22. The Bertz CT molecular complexity index is 733. The van der Waals surface area contributed by atoms with Crippen molar-refractivity contribution in [2.24, 2.45) is 0 Å². The third-order valence-electron chi connectivity index (χ3n) is 3.35. The fraction of sp³-hybridized carbons (Fsp3) is 0.312. The van der Waals surface area contributed by atoms with E-state index >= 15 is 0 Å². The first-order chi connectivity index (χ1) is 10.4. The van der Waals surface area contributed by atoms with Crippen molar-refractivity contribution in [3.63, 3.8) is 0 Å². The lowest BCUT2D eigenvalue weighted by Crippen LogP contribution is -2.31. The first kappa shape index (κ1) is 15.8. The van der Waals surface area contributed by atoms with Crippen LogP contribution in [0.25, 0.3) is 0 Å². The van der Waals surface area contributed by atoms with E-state index in [0.29, 0.717) is 12.2 Å². The van der Waals surface area contributed by atoms with E-state index in [0.717, 1.165) is 11.3 Å². The number of carbonyl (C=O) groups is 1. The predicted octanol–water partition coefficient (Wildman–Crippen LogP) is 1.57. The maximum absolute atomic E-state index is 12.5. The smallest absolute Gasteiger partial charge is 0.280 e. The van der Waals surface area contributed by atoms with Crippen molar-refractivity contribution in [2.45, 2.75) is 13.5 Å². The first-order valence-electron chi connectivity index (χ1n) is 6.85. The maximum atomic E-state index is 12.5. The molecule has 22 heavy (non-hydrogen) atoms. The molecule has 0 aliphatic carbocycles. The van der Waals surface area contributed by atoms with Crippen LogP contribution in [0.4, 0.5) is 5.69 Å². The highest BCUT2D eigenvalue weighted by molar-refractivity contribution is 5.99. The van der Waals surface area contributed by atoms with E-state index in [4.69, 9.17) is 4.74 Å². The fourth-order valence-corrected chi connectivity index (χ4v) is 2.17. The number of aromatic nitrogens is 2. The van der Waals surface area contributed by atoms with Crippen LogP contribution in [-0.4, -0.2) is 36.8 Å². The Hall–Kier alpha value is -2.63. The van der Waals surface area contributed by atoms with Crippen molar-refractivity contribution in [2.75, 3.05) is 26.1 Å². The highest BCUT2D eigenvalue weighted by Gasteiger charge is 2.17. The number of carbonyl (C=O) groups excluding carboxylic acids is 1. The van der Waals surface area contributed by atoms with Gasteiger partial charge in [0, 0.05) is 14.1 Å². The molecule has 0 saturated heterocycles. The van der Waals surface area contributed by atoms with E-state index < -0.39 is 0 Å². The zero-order chi connectivity index (χ0) is 16.3. The number of benzene rings is 1. The molecule has 116 valence electrons. The van der Waals surface area contributed by atoms with Gasteiger partial charge in [-0.25, -0.2) is 4.68 Å². The van der Waals surface area contributed by atoms with Crippen molar-refractivity contribution in [3.05, 3.63) is 51.9 Å². The lowest BCUT2D eigenvalue weighted by atomic mass is 10.1. The minimum absolute atomic E-state index is 0.161. The molecule has 6 heteroatoms. The van der Waals surface area contributed by atoms with Gasteiger partial charge in [0.2, 0.25) is 0 Å². The van der Waals surface area contributed by atoms with Crippen molar-refractivity contribution in [1.29, 1.82) is 0 Å². The summed E-state index contributed by atoms with van der Waals surface area (Å²) in [6.45, 7) is 1.69. The molecule has 0 fully saturated rings. The monoisotopic (exact) mass is 301 g/mol. The number of Topliss-reactive ketones (excluding diaryl/α,β-unsaturated/α-hetero) is 1. The van der Waals surface area contributed by atoms with Crippen LogP contribution in [0, 0.1) is 0 Å². The minimum Gasteiger partial charge on any atom is -0.497 e. The van der Waals surface area contributed by atoms with Crippen LogP contribution in [0.5, 0.6) is 5.75 Å². The van der Waals surface area contributed by atoms with E-state index in [1.807, 2.05) is 24.3 Å². The third-order valence-corrected chi connectivity index (χ3v) is 3.35. The first-order valence-corrected chi connectivity index (χ1v) is 6.85. The molecule has 0 aliphatic rings. The highest BCUT2D eigenvalue weighted by Crippen LogP contribution is 2.15. The van der Waals surface area contributed by atoms with Crippen LogP contribution in [-0.2, 0) is 6.54 Å². The average molecular weight is 301 g/mol. The second kappa shape index (κ2) is 6.43. The number of ketones is 1. The summed E-state index contributed by atoms with van der Waals surface area (Å²) in [7, 11) is 5.15. The lowest BCUT2D eigenvalue weighted by Gasteiger charge is -2.16. The second-order valence-corrected chi connectivity index (χ2v) is 5.17. The van der Waals surface area contributed by atoms with Crippen LogP contribution < -0.4 is 15.2 Å².